The van der Waals surface area contributed by atoms with Crippen molar-refractivity contribution in [2.45, 2.75) is 64.7 Å². The molecule has 2 aromatic rings. The van der Waals surface area contributed by atoms with Crippen molar-refractivity contribution in [3.63, 3.8) is 0 Å². The van der Waals surface area contributed by atoms with Crippen molar-refractivity contribution in [3.05, 3.63) is 34.9 Å². The molecule has 0 aliphatic rings. The maximum Gasteiger partial charge on any atom is 0.357 e. The smallest absolute Gasteiger partial charge is 0.357 e. The first-order valence-electron chi connectivity index (χ1n) is 11.6. The van der Waals surface area contributed by atoms with Crippen LogP contribution in [0, 0.1) is 11.8 Å². The molecule has 36 heavy (non-hydrogen) atoms. The number of hydrogen-bond acceptors (Lipinski definition) is 11. The maximum atomic E-state index is 11.7. The molecule has 0 spiro atoms. The number of thioether (sulfide) groups is 1. The van der Waals surface area contributed by atoms with Gasteiger partial charge in [0.25, 0.3) is 0 Å². The van der Waals surface area contributed by atoms with Crippen molar-refractivity contribution in [1.29, 1.82) is 0 Å². The van der Waals surface area contributed by atoms with Crippen molar-refractivity contribution in [3.8, 4) is 0 Å². The van der Waals surface area contributed by atoms with Gasteiger partial charge in [0.2, 0.25) is 15.0 Å². The van der Waals surface area contributed by atoms with Crippen molar-refractivity contribution in [2.75, 3.05) is 25.7 Å². The molecular weight excluding hydrogens is 504 g/mol. The Hall–Kier alpha value is -2.60. The fraction of sp³-hybridized carbons (Fsp3) is 0.583. The fourth-order valence-corrected chi connectivity index (χ4v) is 3.81. The summed E-state index contributed by atoms with van der Waals surface area (Å²) in [6.07, 6.45) is 4.31. The minimum atomic E-state index is -3.56. The number of ether oxygens (including phenoxy) is 2. The summed E-state index contributed by atoms with van der Waals surface area (Å²) < 4.78 is 32.8. The Kier molecular flexibility index (Phi) is 13.0. The topological polar surface area (TPSA) is 138 Å². The molecule has 0 bridgehead atoms. The predicted octanol–water partition coefficient (Wildman–Crippen LogP) is 3.83. The van der Waals surface area contributed by atoms with Crippen LogP contribution in [-0.2, 0) is 32.2 Å². The van der Waals surface area contributed by atoms with E-state index in [9.17, 15) is 18.0 Å². The summed E-state index contributed by atoms with van der Waals surface area (Å²) in [6, 6.07) is 3.20. The largest absolute Gasteiger partial charge is 0.461 e. The molecule has 0 saturated carbocycles. The Morgan fingerprint density at radius 3 is 1.67 bits per heavy atom. The summed E-state index contributed by atoms with van der Waals surface area (Å²) in [6.45, 7) is 12.2. The third kappa shape index (κ3) is 11.0. The highest BCUT2D eigenvalue weighted by atomic mass is 32.2. The molecule has 0 N–H and O–H groups in total. The van der Waals surface area contributed by atoms with Gasteiger partial charge in [-0.25, -0.2) is 37.9 Å². The molecule has 0 fully saturated rings. The first-order chi connectivity index (χ1) is 16.8. The van der Waals surface area contributed by atoms with Gasteiger partial charge in [0.1, 0.15) is 0 Å². The van der Waals surface area contributed by atoms with Crippen molar-refractivity contribution in [1.82, 2.24) is 19.9 Å². The summed E-state index contributed by atoms with van der Waals surface area (Å²) in [7, 11) is -3.56. The van der Waals surface area contributed by atoms with Crippen LogP contribution in [0.4, 0.5) is 0 Å². The molecule has 0 amide bonds. The van der Waals surface area contributed by atoms with E-state index in [4.69, 9.17) is 9.47 Å². The van der Waals surface area contributed by atoms with Crippen LogP contribution >= 0.6 is 11.8 Å². The lowest BCUT2D eigenvalue weighted by Crippen LogP contribution is -2.14. The van der Waals surface area contributed by atoms with E-state index in [1.54, 1.807) is 19.9 Å². The van der Waals surface area contributed by atoms with E-state index in [0.717, 1.165) is 18.4 Å². The highest BCUT2D eigenvalue weighted by Crippen LogP contribution is 2.15. The second-order valence-corrected chi connectivity index (χ2v) is 11.4. The van der Waals surface area contributed by atoms with E-state index >= 15 is 0 Å². The van der Waals surface area contributed by atoms with Crippen LogP contribution in [0.15, 0.2) is 22.4 Å². The molecule has 0 atom stereocenters. The van der Waals surface area contributed by atoms with Crippen LogP contribution in [-0.4, -0.2) is 66.0 Å². The molecule has 200 valence electrons. The molecular formula is C24H36N4O6S2. The molecule has 0 unspecified atom stereocenters. The summed E-state index contributed by atoms with van der Waals surface area (Å²) in [5.74, 6) is -0.234. The molecule has 10 nitrogen and oxygen atoms in total. The molecule has 12 heteroatoms. The zero-order chi connectivity index (χ0) is 27.5. The third-order valence-electron chi connectivity index (χ3n) is 4.24. The lowest BCUT2D eigenvalue weighted by atomic mass is 10.1. The molecule has 0 radical (unpaired) electrons. The second kappa shape index (κ2) is 14.8. The minimum Gasteiger partial charge on any atom is -0.461 e. The predicted molar refractivity (Wildman–Crippen MR) is 138 cm³/mol. The first kappa shape index (κ1) is 31.4. The van der Waals surface area contributed by atoms with E-state index in [0.29, 0.717) is 35.5 Å². The zero-order valence-electron chi connectivity index (χ0n) is 22.2. The number of hydrogen-bond donors (Lipinski definition) is 0. The average molecular weight is 541 g/mol. The van der Waals surface area contributed by atoms with E-state index in [1.165, 1.54) is 17.8 Å². The number of rotatable bonds is 10. The van der Waals surface area contributed by atoms with Gasteiger partial charge in [0, 0.05) is 17.6 Å². The van der Waals surface area contributed by atoms with E-state index in [1.807, 2.05) is 20.1 Å². The molecule has 0 aromatic carbocycles. The normalized spacial score (nSPS) is 11.2. The fourth-order valence-electron chi connectivity index (χ4n) is 2.87. The number of nitrogens with zero attached hydrogens (tertiary/aromatic N) is 4. The molecule has 0 saturated heterocycles. The second-order valence-electron chi connectivity index (χ2n) is 8.67. The minimum absolute atomic E-state index is 0.0204. The van der Waals surface area contributed by atoms with Gasteiger partial charge in [-0.15, -0.1) is 0 Å². The van der Waals surface area contributed by atoms with Gasteiger partial charge < -0.3 is 9.47 Å². The van der Waals surface area contributed by atoms with Crippen molar-refractivity contribution in [2.24, 2.45) is 11.8 Å². The van der Waals surface area contributed by atoms with Gasteiger partial charge in [-0.1, -0.05) is 39.5 Å². The Bertz CT molecular complexity index is 1140. The van der Waals surface area contributed by atoms with Gasteiger partial charge in [0.05, 0.1) is 13.2 Å². The average Bonchev–Trinajstić information content (AvgIpc) is 2.78. The quantitative estimate of drug-likeness (QED) is 0.247. The first-order valence-corrected chi connectivity index (χ1v) is 14.8. The van der Waals surface area contributed by atoms with Crippen LogP contribution in [0.5, 0.6) is 0 Å². The van der Waals surface area contributed by atoms with Crippen LogP contribution < -0.4 is 0 Å². The van der Waals surface area contributed by atoms with E-state index < -0.39 is 15.8 Å². The van der Waals surface area contributed by atoms with Gasteiger partial charge >= 0.3 is 11.9 Å². The van der Waals surface area contributed by atoms with Gasteiger partial charge in [-0.05, 0) is 56.9 Å². The van der Waals surface area contributed by atoms with Gasteiger partial charge in [-0.3, -0.25) is 0 Å². The maximum absolute atomic E-state index is 11.7. The molecule has 2 heterocycles. The monoisotopic (exact) mass is 540 g/mol. The van der Waals surface area contributed by atoms with Crippen molar-refractivity contribution >= 4 is 33.5 Å². The summed E-state index contributed by atoms with van der Waals surface area (Å²) in [5.41, 5.74) is 1.74. The molecule has 2 aromatic heterocycles. The molecule has 2 rings (SSSR count). The summed E-state index contributed by atoms with van der Waals surface area (Å²) >= 11 is 1.43. The standard InChI is InChI=1S/C12H18N2O4S.C12H18N2O2S/c1-5-18-11(15)10-7-9(6-8(2)3)13-12(14-10)19(4,16)17;1-5-16-11(15)10-7-9(6-8(2)3)13-12(14-10)17-4/h7-8H,5-6H2,1-4H3;7-8H,5-6H2,1-4H3. The lowest BCUT2D eigenvalue weighted by Gasteiger charge is -2.08. The van der Waals surface area contributed by atoms with Gasteiger partial charge in [-0.2, -0.15) is 0 Å². The Labute approximate surface area is 218 Å². The number of sulfone groups is 1. The summed E-state index contributed by atoms with van der Waals surface area (Å²) in [4.78, 5) is 39.6. The van der Waals surface area contributed by atoms with Crippen LogP contribution in [0.1, 0.15) is 73.9 Å². The highest BCUT2D eigenvalue weighted by Gasteiger charge is 2.19. The van der Waals surface area contributed by atoms with Crippen LogP contribution in [0.2, 0.25) is 0 Å². The SMILES string of the molecule is CCOC(=O)c1cc(CC(C)C)nc(S(C)(=O)=O)n1.CCOC(=O)c1cc(CC(C)C)nc(SC)n1. The number of aromatic nitrogens is 4. The highest BCUT2D eigenvalue weighted by molar-refractivity contribution is 7.98. The van der Waals surface area contributed by atoms with Gasteiger partial charge in [0.15, 0.2) is 16.5 Å². The van der Waals surface area contributed by atoms with Crippen molar-refractivity contribution < 1.29 is 27.5 Å². The number of carbonyl (C=O) groups excluding carboxylic acids is 2. The lowest BCUT2D eigenvalue weighted by molar-refractivity contribution is 0.0508. The molecule has 0 aliphatic heterocycles. The van der Waals surface area contributed by atoms with Crippen LogP contribution in [0.25, 0.3) is 0 Å². The zero-order valence-corrected chi connectivity index (χ0v) is 23.8. The van der Waals surface area contributed by atoms with E-state index in [2.05, 4.69) is 33.8 Å². The number of carbonyl (C=O) groups is 2. The van der Waals surface area contributed by atoms with Crippen LogP contribution in [0.3, 0.4) is 0 Å². The Morgan fingerprint density at radius 1 is 0.833 bits per heavy atom. The third-order valence-corrected chi connectivity index (χ3v) is 5.63. The van der Waals surface area contributed by atoms with E-state index in [-0.39, 0.29) is 29.3 Å². The Balaban J connectivity index is 0.000000362. The molecule has 0 aliphatic carbocycles. The number of esters is 2. The summed E-state index contributed by atoms with van der Waals surface area (Å²) in [5, 5.41) is 0.278. The Morgan fingerprint density at radius 2 is 1.28 bits per heavy atom.